The number of hydrogen-bond donors (Lipinski definition) is 1. The van der Waals surface area contributed by atoms with Crippen LogP contribution in [0.2, 0.25) is 0 Å². The molecule has 1 saturated heterocycles. The lowest BCUT2D eigenvalue weighted by molar-refractivity contribution is 0.344. The van der Waals surface area contributed by atoms with E-state index < -0.39 is 10.0 Å². The Labute approximate surface area is 122 Å². The van der Waals surface area contributed by atoms with Crippen LogP contribution in [-0.2, 0) is 16.4 Å². The normalized spacial score (nSPS) is 24.1. The Morgan fingerprint density at radius 1 is 1.25 bits per heavy atom. The zero-order chi connectivity index (χ0) is 14.6. The first kappa shape index (κ1) is 15.5. The molecule has 0 radical (unpaired) electrons. The third kappa shape index (κ3) is 4.30. The summed E-state index contributed by atoms with van der Waals surface area (Å²) in [5.74, 6) is 0.535. The summed E-state index contributed by atoms with van der Waals surface area (Å²) in [6.07, 6.45) is 0.564. The first-order chi connectivity index (χ1) is 9.50. The van der Waals surface area contributed by atoms with Crippen molar-refractivity contribution in [3.8, 4) is 0 Å². The number of hydrogen-bond acceptors (Lipinski definition) is 3. The van der Waals surface area contributed by atoms with Crippen molar-refractivity contribution < 1.29 is 8.42 Å². The number of nitrogens with one attached hydrogen (secondary N) is 1. The van der Waals surface area contributed by atoms with Crippen LogP contribution in [0.5, 0.6) is 0 Å². The van der Waals surface area contributed by atoms with E-state index in [0.29, 0.717) is 12.3 Å². The van der Waals surface area contributed by atoms with E-state index >= 15 is 0 Å². The SMILES string of the molecule is CCN1C[C@@H](C)[C@H](NS(=O)(=O)CCc2ccccc2)C1. The number of likely N-dealkylation sites (N-methyl/N-ethyl adjacent to an activating group) is 1. The molecule has 1 aliphatic heterocycles. The number of sulfonamides is 1. The molecule has 1 aromatic rings. The maximum absolute atomic E-state index is 12.2. The summed E-state index contributed by atoms with van der Waals surface area (Å²) in [6.45, 7) is 7.00. The zero-order valence-corrected chi connectivity index (χ0v) is 13.1. The lowest BCUT2D eigenvalue weighted by Gasteiger charge is -2.16. The maximum atomic E-state index is 12.2. The fraction of sp³-hybridized carbons (Fsp3) is 0.600. The van der Waals surface area contributed by atoms with Gasteiger partial charge in [-0.2, -0.15) is 0 Å². The molecule has 1 aliphatic rings. The molecule has 5 heteroatoms. The highest BCUT2D eigenvalue weighted by molar-refractivity contribution is 7.89. The van der Waals surface area contributed by atoms with Crippen molar-refractivity contribution in [2.24, 2.45) is 5.92 Å². The molecular formula is C15H24N2O2S. The number of nitrogens with zero attached hydrogens (tertiary/aromatic N) is 1. The Bertz CT molecular complexity index is 516. The van der Waals surface area contributed by atoms with Crippen molar-refractivity contribution in [3.63, 3.8) is 0 Å². The highest BCUT2D eigenvalue weighted by Crippen LogP contribution is 2.16. The fourth-order valence-corrected chi connectivity index (χ4v) is 4.06. The van der Waals surface area contributed by atoms with Crippen molar-refractivity contribution >= 4 is 10.0 Å². The third-order valence-corrected chi connectivity index (χ3v) is 5.37. The molecule has 112 valence electrons. The van der Waals surface area contributed by atoms with Gasteiger partial charge in [-0.05, 0) is 24.4 Å². The minimum absolute atomic E-state index is 0.0516. The van der Waals surface area contributed by atoms with E-state index in [1.165, 1.54) is 0 Å². The summed E-state index contributed by atoms with van der Waals surface area (Å²) in [6, 6.07) is 9.80. The van der Waals surface area contributed by atoms with Crippen molar-refractivity contribution in [1.29, 1.82) is 0 Å². The number of aryl methyl sites for hydroxylation is 1. The zero-order valence-electron chi connectivity index (χ0n) is 12.2. The van der Waals surface area contributed by atoms with Gasteiger partial charge in [-0.25, -0.2) is 13.1 Å². The number of likely N-dealkylation sites (tertiary alicyclic amines) is 1. The largest absolute Gasteiger partial charge is 0.302 e. The Hall–Kier alpha value is -0.910. The maximum Gasteiger partial charge on any atom is 0.212 e. The predicted molar refractivity (Wildman–Crippen MR) is 82.1 cm³/mol. The van der Waals surface area contributed by atoms with Crippen LogP contribution in [0.3, 0.4) is 0 Å². The molecule has 1 heterocycles. The summed E-state index contributed by atoms with van der Waals surface area (Å²) in [5, 5.41) is 0. The first-order valence-electron chi connectivity index (χ1n) is 7.26. The molecule has 0 unspecified atom stereocenters. The van der Waals surface area contributed by atoms with Crippen LogP contribution in [0.1, 0.15) is 19.4 Å². The Kier molecular flexibility index (Phi) is 5.18. The second-order valence-electron chi connectivity index (χ2n) is 5.61. The minimum atomic E-state index is -3.20. The van der Waals surface area contributed by atoms with Gasteiger partial charge in [-0.15, -0.1) is 0 Å². The van der Waals surface area contributed by atoms with E-state index in [1.54, 1.807) is 0 Å². The Morgan fingerprint density at radius 3 is 2.55 bits per heavy atom. The van der Waals surface area contributed by atoms with E-state index in [2.05, 4.69) is 23.5 Å². The van der Waals surface area contributed by atoms with Gasteiger partial charge in [0.05, 0.1) is 5.75 Å². The highest BCUT2D eigenvalue weighted by Gasteiger charge is 2.31. The van der Waals surface area contributed by atoms with Crippen LogP contribution in [0, 0.1) is 5.92 Å². The third-order valence-electron chi connectivity index (χ3n) is 3.97. The molecule has 1 fully saturated rings. The van der Waals surface area contributed by atoms with Gasteiger partial charge in [0, 0.05) is 19.1 Å². The molecule has 0 aliphatic carbocycles. The average Bonchev–Trinajstić information content (AvgIpc) is 2.78. The van der Waals surface area contributed by atoms with E-state index in [-0.39, 0.29) is 11.8 Å². The van der Waals surface area contributed by atoms with Gasteiger partial charge < -0.3 is 4.90 Å². The van der Waals surface area contributed by atoms with Crippen LogP contribution in [0.25, 0.3) is 0 Å². The molecule has 0 aromatic heterocycles. The molecule has 20 heavy (non-hydrogen) atoms. The molecule has 4 nitrogen and oxygen atoms in total. The molecule has 0 amide bonds. The van der Waals surface area contributed by atoms with Gasteiger partial charge in [-0.3, -0.25) is 0 Å². The fourth-order valence-electron chi connectivity index (χ4n) is 2.67. The van der Waals surface area contributed by atoms with Crippen LogP contribution in [0.15, 0.2) is 30.3 Å². The summed E-state index contributed by atoms with van der Waals surface area (Å²) in [5.41, 5.74) is 1.06. The summed E-state index contributed by atoms with van der Waals surface area (Å²) in [4.78, 5) is 2.29. The molecule has 1 aromatic carbocycles. The monoisotopic (exact) mass is 296 g/mol. The second kappa shape index (κ2) is 6.70. The van der Waals surface area contributed by atoms with E-state index in [1.807, 2.05) is 30.3 Å². The summed E-state index contributed by atoms with van der Waals surface area (Å²) in [7, 11) is -3.20. The van der Waals surface area contributed by atoms with Gasteiger partial charge in [-0.1, -0.05) is 44.2 Å². The molecule has 1 N–H and O–H groups in total. The number of rotatable bonds is 6. The minimum Gasteiger partial charge on any atom is -0.302 e. The second-order valence-corrected chi connectivity index (χ2v) is 7.48. The molecule has 0 saturated carbocycles. The van der Waals surface area contributed by atoms with Crippen LogP contribution in [0.4, 0.5) is 0 Å². The molecule has 2 rings (SSSR count). The van der Waals surface area contributed by atoms with E-state index in [9.17, 15) is 8.42 Å². The Morgan fingerprint density at radius 2 is 1.95 bits per heavy atom. The predicted octanol–water partition coefficient (Wildman–Crippen LogP) is 1.49. The van der Waals surface area contributed by atoms with Crippen molar-refractivity contribution in [3.05, 3.63) is 35.9 Å². The first-order valence-corrected chi connectivity index (χ1v) is 8.91. The van der Waals surface area contributed by atoms with Gasteiger partial charge in [0.25, 0.3) is 0 Å². The quantitative estimate of drug-likeness (QED) is 0.865. The average molecular weight is 296 g/mol. The molecule has 2 atom stereocenters. The lowest BCUT2D eigenvalue weighted by Crippen LogP contribution is -2.41. The molecule has 0 spiro atoms. The van der Waals surface area contributed by atoms with Gasteiger partial charge in [0.1, 0.15) is 0 Å². The van der Waals surface area contributed by atoms with Crippen LogP contribution in [-0.4, -0.2) is 44.7 Å². The van der Waals surface area contributed by atoms with Gasteiger partial charge >= 0.3 is 0 Å². The van der Waals surface area contributed by atoms with Crippen molar-refractivity contribution in [2.45, 2.75) is 26.3 Å². The topological polar surface area (TPSA) is 49.4 Å². The standard InChI is InChI=1S/C15H24N2O2S/c1-3-17-11-13(2)15(12-17)16-20(18,19)10-9-14-7-5-4-6-8-14/h4-8,13,15-16H,3,9-12H2,1-2H3/t13-,15-/m1/s1. The van der Waals surface area contributed by atoms with E-state index in [0.717, 1.165) is 25.2 Å². The lowest BCUT2D eigenvalue weighted by atomic mass is 10.1. The van der Waals surface area contributed by atoms with Crippen molar-refractivity contribution in [1.82, 2.24) is 9.62 Å². The van der Waals surface area contributed by atoms with E-state index in [4.69, 9.17) is 0 Å². The summed E-state index contributed by atoms with van der Waals surface area (Å²) >= 11 is 0. The van der Waals surface area contributed by atoms with Crippen LogP contribution < -0.4 is 4.72 Å². The van der Waals surface area contributed by atoms with Gasteiger partial charge in [0.15, 0.2) is 0 Å². The van der Waals surface area contributed by atoms with Gasteiger partial charge in [0.2, 0.25) is 10.0 Å². The van der Waals surface area contributed by atoms with Crippen molar-refractivity contribution in [2.75, 3.05) is 25.4 Å². The number of benzene rings is 1. The smallest absolute Gasteiger partial charge is 0.212 e. The molecule has 0 bridgehead atoms. The molecular weight excluding hydrogens is 272 g/mol. The Balaban J connectivity index is 1.88. The highest BCUT2D eigenvalue weighted by atomic mass is 32.2. The van der Waals surface area contributed by atoms with Crippen LogP contribution >= 0.6 is 0 Å². The summed E-state index contributed by atoms with van der Waals surface area (Å²) < 4.78 is 27.2.